The Morgan fingerprint density at radius 3 is 2.70 bits per heavy atom. The van der Waals surface area contributed by atoms with Crippen molar-refractivity contribution in [3.8, 4) is 0 Å². The zero-order valence-corrected chi connectivity index (χ0v) is 21.0. The van der Waals surface area contributed by atoms with Crippen LogP contribution in [0.5, 0.6) is 0 Å². The Morgan fingerprint density at radius 1 is 1.11 bits per heavy atom. The lowest BCUT2D eigenvalue weighted by molar-refractivity contribution is -0.175. The number of nitrogens with one attached hydrogen (secondary N) is 3. The molecule has 3 amide bonds. The summed E-state index contributed by atoms with van der Waals surface area (Å²) in [5, 5.41) is 9.23. The van der Waals surface area contributed by atoms with E-state index in [9.17, 15) is 14.4 Å². The second-order valence-corrected chi connectivity index (χ2v) is 10.7. The number of benzene rings is 2. The van der Waals surface area contributed by atoms with E-state index in [1.54, 1.807) is 18.7 Å². The van der Waals surface area contributed by atoms with Crippen molar-refractivity contribution in [1.82, 2.24) is 15.5 Å². The third-order valence-electron chi connectivity index (χ3n) is 7.87. The summed E-state index contributed by atoms with van der Waals surface area (Å²) in [6.45, 7) is 4.40. The zero-order chi connectivity index (χ0) is 25.8. The van der Waals surface area contributed by atoms with Gasteiger partial charge in [-0.05, 0) is 55.5 Å². The first-order valence-electron chi connectivity index (χ1n) is 12.7. The number of hydrogen-bond donors (Lipinski definition) is 3. The Kier molecular flexibility index (Phi) is 5.45. The van der Waals surface area contributed by atoms with Crippen LogP contribution in [0.3, 0.4) is 0 Å². The predicted molar refractivity (Wildman–Crippen MR) is 138 cm³/mol. The average Bonchev–Trinajstić information content (AvgIpc) is 3.40. The predicted octanol–water partition coefficient (Wildman–Crippen LogP) is 2.59. The molecule has 1 saturated heterocycles. The van der Waals surface area contributed by atoms with E-state index in [2.05, 4.69) is 16.0 Å². The molecule has 3 N–H and O–H groups in total. The summed E-state index contributed by atoms with van der Waals surface area (Å²) in [6.07, 6.45) is 5.28. The number of dihydropyridines is 1. The van der Waals surface area contributed by atoms with Gasteiger partial charge in [0.2, 0.25) is 11.8 Å². The van der Waals surface area contributed by atoms with Crippen LogP contribution in [-0.4, -0.2) is 47.9 Å². The van der Waals surface area contributed by atoms with Gasteiger partial charge in [-0.25, -0.2) is 0 Å². The molecule has 8 nitrogen and oxygen atoms in total. The van der Waals surface area contributed by atoms with Crippen molar-refractivity contribution in [2.75, 3.05) is 25.0 Å². The molecule has 1 fully saturated rings. The van der Waals surface area contributed by atoms with Gasteiger partial charge >= 0.3 is 0 Å². The van der Waals surface area contributed by atoms with Gasteiger partial charge in [0.05, 0.1) is 18.1 Å². The minimum Gasteiger partial charge on any atom is -0.368 e. The van der Waals surface area contributed by atoms with Crippen LogP contribution in [-0.2, 0) is 32.0 Å². The van der Waals surface area contributed by atoms with Crippen LogP contribution in [0.4, 0.5) is 5.69 Å². The largest absolute Gasteiger partial charge is 0.368 e. The van der Waals surface area contributed by atoms with Crippen LogP contribution < -0.4 is 16.0 Å². The SMILES string of the molecule is CC1(C)OCC(c2ccccc2)N(CC(=O)Nc2ccc3c(c2)CC2(C3)C(=O)NC3=C2C=CCN3)C1=O. The molecular formula is C29H30N4O4. The molecule has 6 rings (SSSR count). The third-order valence-corrected chi connectivity index (χ3v) is 7.87. The van der Waals surface area contributed by atoms with E-state index in [0.717, 1.165) is 28.1 Å². The van der Waals surface area contributed by atoms with Crippen LogP contribution in [0.15, 0.2) is 72.1 Å². The number of rotatable bonds is 4. The van der Waals surface area contributed by atoms with E-state index in [4.69, 9.17) is 4.74 Å². The fourth-order valence-electron chi connectivity index (χ4n) is 5.90. The summed E-state index contributed by atoms with van der Waals surface area (Å²) in [4.78, 5) is 41.0. The van der Waals surface area contributed by atoms with Gasteiger partial charge in [0.15, 0.2) is 0 Å². The molecule has 2 aromatic rings. The fraction of sp³-hybridized carbons (Fsp3) is 0.345. The van der Waals surface area contributed by atoms with Crippen LogP contribution in [0, 0.1) is 5.41 Å². The highest BCUT2D eigenvalue weighted by Gasteiger charge is 2.51. The average molecular weight is 499 g/mol. The number of carbonyl (C=O) groups excluding carboxylic acids is 3. The quantitative estimate of drug-likeness (QED) is 0.602. The summed E-state index contributed by atoms with van der Waals surface area (Å²) in [5.41, 5.74) is 3.13. The van der Waals surface area contributed by atoms with Crippen molar-refractivity contribution in [2.24, 2.45) is 5.41 Å². The van der Waals surface area contributed by atoms with Gasteiger partial charge in [0.1, 0.15) is 18.0 Å². The van der Waals surface area contributed by atoms with E-state index in [-0.39, 0.29) is 30.3 Å². The van der Waals surface area contributed by atoms with E-state index < -0.39 is 11.0 Å². The molecule has 0 saturated carbocycles. The number of nitrogens with zero attached hydrogens (tertiary/aromatic N) is 1. The van der Waals surface area contributed by atoms with Gasteiger partial charge in [0.25, 0.3) is 5.91 Å². The number of allylic oxidation sites excluding steroid dienone is 1. The fourth-order valence-corrected chi connectivity index (χ4v) is 5.90. The highest BCUT2D eigenvalue weighted by atomic mass is 16.5. The molecule has 8 heteroatoms. The van der Waals surface area contributed by atoms with Crippen LogP contribution in [0.2, 0.25) is 0 Å². The number of ether oxygens (including phenoxy) is 1. The van der Waals surface area contributed by atoms with Gasteiger partial charge in [-0.15, -0.1) is 0 Å². The lowest BCUT2D eigenvalue weighted by atomic mass is 9.78. The minimum absolute atomic E-state index is 0.0127. The Hall–Kier alpha value is -3.91. The summed E-state index contributed by atoms with van der Waals surface area (Å²) in [7, 11) is 0. The molecule has 1 aliphatic carbocycles. The molecule has 2 atom stereocenters. The highest BCUT2D eigenvalue weighted by Crippen LogP contribution is 2.48. The first-order chi connectivity index (χ1) is 17.8. The molecule has 0 aromatic heterocycles. The van der Waals surface area contributed by atoms with Crippen molar-refractivity contribution in [3.63, 3.8) is 0 Å². The Labute approximate surface area is 215 Å². The van der Waals surface area contributed by atoms with Crippen molar-refractivity contribution >= 4 is 23.4 Å². The molecule has 190 valence electrons. The summed E-state index contributed by atoms with van der Waals surface area (Å²) in [5.74, 6) is 0.324. The lowest BCUT2D eigenvalue weighted by Gasteiger charge is -2.42. The number of carbonyl (C=O) groups is 3. The lowest BCUT2D eigenvalue weighted by Crippen LogP contribution is -2.56. The standard InChI is InChI=1S/C29H30N4O4/c1-28(2)27(36)33(23(17-37-28)18-7-4-3-5-8-18)16-24(34)31-21-11-10-19-14-29(15-20(19)13-21)22-9-6-12-30-25(22)32-26(29)35/h3-11,13,23,30H,12,14-17H2,1-2H3,(H,31,34)(H,32,35). The molecule has 0 bridgehead atoms. The van der Waals surface area contributed by atoms with E-state index in [1.807, 2.05) is 60.7 Å². The summed E-state index contributed by atoms with van der Waals surface area (Å²) in [6, 6.07) is 15.1. The van der Waals surface area contributed by atoms with Crippen molar-refractivity contribution in [3.05, 3.63) is 88.8 Å². The maximum atomic E-state index is 13.2. The number of amides is 3. The highest BCUT2D eigenvalue weighted by molar-refractivity contribution is 5.97. The first-order valence-corrected chi connectivity index (χ1v) is 12.7. The second kappa shape index (κ2) is 8.59. The molecule has 2 aromatic carbocycles. The molecule has 0 radical (unpaired) electrons. The third kappa shape index (κ3) is 3.92. The van der Waals surface area contributed by atoms with Crippen LogP contribution in [0.1, 0.15) is 36.6 Å². The maximum absolute atomic E-state index is 13.2. The number of anilines is 1. The van der Waals surface area contributed by atoms with Crippen molar-refractivity contribution in [1.29, 1.82) is 0 Å². The van der Waals surface area contributed by atoms with E-state index in [0.29, 0.717) is 31.7 Å². The van der Waals surface area contributed by atoms with Gasteiger partial charge in [-0.2, -0.15) is 0 Å². The molecule has 4 aliphatic rings. The van der Waals surface area contributed by atoms with Gasteiger partial charge in [-0.1, -0.05) is 48.6 Å². The van der Waals surface area contributed by atoms with Gasteiger partial charge in [0, 0.05) is 17.8 Å². The van der Waals surface area contributed by atoms with Crippen molar-refractivity contribution < 1.29 is 19.1 Å². The first kappa shape index (κ1) is 23.5. The Balaban J connectivity index is 1.20. The second-order valence-electron chi connectivity index (χ2n) is 10.7. The van der Waals surface area contributed by atoms with Crippen molar-refractivity contribution in [2.45, 2.75) is 38.3 Å². The zero-order valence-electron chi connectivity index (χ0n) is 21.0. The molecule has 2 unspecified atom stereocenters. The molecule has 1 spiro atoms. The topological polar surface area (TPSA) is 99.8 Å². The van der Waals surface area contributed by atoms with E-state index >= 15 is 0 Å². The monoisotopic (exact) mass is 498 g/mol. The molecular weight excluding hydrogens is 468 g/mol. The molecule has 3 heterocycles. The maximum Gasteiger partial charge on any atom is 0.255 e. The number of fused-ring (bicyclic) bond motifs is 2. The van der Waals surface area contributed by atoms with Crippen LogP contribution >= 0.6 is 0 Å². The molecule has 37 heavy (non-hydrogen) atoms. The normalized spacial score (nSPS) is 25.6. The summed E-state index contributed by atoms with van der Waals surface area (Å²) < 4.78 is 5.85. The van der Waals surface area contributed by atoms with E-state index in [1.165, 1.54) is 0 Å². The van der Waals surface area contributed by atoms with Gasteiger partial charge < -0.3 is 25.6 Å². The smallest absolute Gasteiger partial charge is 0.255 e. The Bertz CT molecular complexity index is 1360. The number of morpholine rings is 1. The van der Waals surface area contributed by atoms with Crippen LogP contribution in [0.25, 0.3) is 0 Å². The minimum atomic E-state index is -0.995. The van der Waals surface area contributed by atoms with Gasteiger partial charge in [-0.3, -0.25) is 14.4 Å². The molecule has 3 aliphatic heterocycles. The number of hydrogen-bond acceptors (Lipinski definition) is 5. The summed E-state index contributed by atoms with van der Waals surface area (Å²) >= 11 is 0. The Morgan fingerprint density at radius 2 is 1.89 bits per heavy atom.